The SMILES string of the molecule is Cc1cnc(C(=O)Cc2cncs2)nc1. The van der Waals surface area contributed by atoms with E-state index in [1.54, 1.807) is 24.1 Å². The third-order valence-electron chi connectivity index (χ3n) is 1.85. The molecular weight excluding hydrogens is 210 g/mol. The van der Waals surface area contributed by atoms with Gasteiger partial charge in [-0.2, -0.15) is 0 Å². The molecule has 0 N–H and O–H groups in total. The molecule has 2 aromatic rings. The van der Waals surface area contributed by atoms with Crippen LogP contribution in [-0.2, 0) is 6.42 Å². The highest BCUT2D eigenvalue weighted by molar-refractivity contribution is 7.09. The van der Waals surface area contributed by atoms with Crippen LogP contribution in [0.4, 0.5) is 0 Å². The molecule has 5 heteroatoms. The minimum atomic E-state index is -0.0701. The van der Waals surface area contributed by atoms with Crippen LogP contribution in [0.3, 0.4) is 0 Å². The number of hydrogen-bond acceptors (Lipinski definition) is 5. The fourth-order valence-corrected chi connectivity index (χ4v) is 1.70. The van der Waals surface area contributed by atoms with Crippen LogP contribution in [0, 0.1) is 6.92 Å². The summed E-state index contributed by atoms with van der Waals surface area (Å²) in [6.45, 7) is 1.89. The molecular formula is C10H9N3OS. The Balaban J connectivity index is 2.11. The summed E-state index contributed by atoms with van der Waals surface area (Å²) in [6.07, 6.45) is 5.31. The predicted octanol–water partition coefficient (Wildman–Crippen LogP) is 1.67. The lowest BCUT2D eigenvalue weighted by Gasteiger charge is -1.97. The van der Waals surface area contributed by atoms with E-state index in [0.717, 1.165) is 10.4 Å². The Labute approximate surface area is 91.0 Å². The second kappa shape index (κ2) is 4.27. The Hall–Kier alpha value is -1.62. The van der Waals surface area contributed by atoms with Gasteiger partial charge in [0, 0.05) is 23.5 Å². The van der Waals surface area contributed by atoms with Gasteiger partial charge in [-0.15, -0.1) is 11.3 Å². The second-order valence-electron chi connectivity index (χ2n) is 3.15. The molecule has 0 amide bonds. The van der Waals surface area contributed by atoms with Gasteiger partial charge in [0.25, 0.3) is 0 Å². The molecule has 0 bridgehead atoms. The van der Waals surface area contributed by atoms with Gasteiger partial charge in [0.2, 0.25) is 5.78 Å². The molecule has 0 radical (unpaired) electrons. The van der Waals surface area contributed by atoms with Gasteiger partial charge in [-0.1, -0.05) is 0 Å². The Kier molecular flexibility index (Phi) is 2.82. The maximum absolute atomic E-state index is 11.7. The highest BCUT2D eigenvalue weighted by Gasteiger charge is 2.10. The molecule has 0 spiro atoms. The summed E-state index contributed by atoms with van der Waals surface area (Å²) in [5.41, 5.74) is 2.66. The van der Waals surface area contributed by atoms with Crippen molar-refractivity contribution < 1.29 is 4.79 Å². The third kappa shape index (κ3) is 2.44. The van der Waals surface area contributed by atoms with Gasteiger partial charge in [-0.25, -0.2) is 9.97 Å². The summed E-state index contributed by atoms with van der Waals surface area (Å²) in [7, 11) is 0. The van der Waals surface area contributed by atoms with Gasteiger partial charge < -0.3 is 0 Å². The first-order chi connectivity index (χ1) is 7.25. The van der Waals surface area contributed by atoms with Crippen molar-refractivity contribution in [2.24, 2.45) is 0 Å². The quantitative estimate of drug-likeness (QED) is 0.737. The molecule has 2 rings (SSSR count). The first kappa shape index (κ1) is 9.92. The molecule has 0 unspecified atom stereocenters. The molecule has 0 saturated carbocycles. The largest absolute Gasteiger partial charge is 0.290 e. The Morgan fingerprint density at radius 3 is 2.67 bits per heavy atom. The van der Waals surface area contributed by atoms with Gasteiger partial charge in [0.05, 0.1) is 11.9 Å². The zero-order valence-corrected chi connectivity index (χ0v) is 8.99. The first-order valence-corrected chi connectivity index (χ1v) is 5.33. The number of hydrogen-bond donors (Lipinski definition) is 0. The molecule has 76 valence electrons. The Morgan fingerprint density at radius 1 is 1.33 bits per heavy atom. The second-order valence-corrected chi connectivity index (χ2v) is 4.12. The number of carbonyl (C=O) groups excluding carboxylic acids is 1. The van der Waals surface area contributed by atoms with E-state index in [0.29, 0.717) is 6.42 Å². The van der Waals surface area contributed by atoms with E-state index < -0.39 is 0 Å². The molecule has 0 fully saturated rings. The Morgan fingerprint density at radius 2 is 2.07 bits per heavy atom. The van der Waals surface area contributed by atoms with E-state index in [4.69, 9.17) is 0 Å². The molecule has 0 atom stereocenters. The number of aromatic nitrogens is 3. The number of carbonyl (C=O) groups is 1. The van der Waals surface area contributed by atoms with Gasteiger partial charge in [-0.3, -0.25) is 9.78 Å². The normalized spacial score (nSPS) is 10.2. The minimum absolute atomic E-state index is 0.0701. The van der Waals surface area contributed by atoms with Crippen molar-refractivity contribution in [1.82, 2.24) is 15.0 Å². The van der Waals surface area contributed by atoms with Crippen molar-refractivity contribution in [2.75, 3.05) is 0 Å². The number of thiazole rings is 1. The summed E-state index contributed by atoms with van der Waals surface area (Å²) in [5, 5.41) is 0. The van der Waals surface area contributed by atoms with Gasteiger partial charge in [0.1, 0.15) is 0 Å². The number of Topliss-reactive ketones (excluding diaryl/α,β-unsaturated/α-hetero) is 1. The van der Waals surface area contributed by atoms with E-state index >= 15 is 0 Å². The predicted molar refractivity (Wildman–Crippen MR) is 56.9 cm³/mol. The summed E-state index contributed by atoms with van der Waals surface area (Å²) in [6, 6.07) is 0. The van der Waals surface area contributed by atoms with E-state index in [1.807, 2.05) is 6.92 Å². The standard InChI is InChI=1S/C10H9N3OS/c1-7-3-12-10(13-4-7)9(14)2-8-5-11-6-15-8/h3-6H,2H2,1H3. The van der Waals surface area contributed by atoms with E-state index in [1.165, 1.54) is 11.3 Å². The smallest absolute Gasteiger partial charge is 0.205 e. The average molecular weight is 219 g/mol. The molecule has 15 heavy (non-hydrogen) atoms. The number of nitrogens with zero attached hydrogens (tertiary/aromatic N) is 3. The van der Waals surface area contributed by atoms with Crippen LogP contribution < -0.4 is 0 Å². The van der Waals surface area contributed by atoms with E-state index in [-0.39, 0.29) is 11.6 Å². The maximum atomic E-state index is 11.7. The fraction of sp³-hybridized carbons (Fsp3) is 0.200. The summed E-state index contributed by atoms with van der Waals surface area (Å²) >= 11 is 1.46. The lowest BCUT2D eigenvalue weighted by atomic mass is 10.2. The van der Waals surface area contributed by atoms with Crippen LogP contribution in [0.2, 0.25) is 0 Å². The molecule has 0 aliphatic heterocycles. The van der Waals surface area contributed by atoms with Gasteiger partial charge >= 0.3 is 0 Å². The van der Waals surface area contributed by atoms with Crippen LogP contribution in [-0.4, -0.2) is 20.7 Å². The maximum Gasteiger partial charge on any atom is 0.205 e. The van der Waals surface area contributed by atoms with Crippen LogP contribution in [0.5, 0.6) is 0 Å². The summed E-state index contributed by atoms with van der Waals surface area (Å²) in [4.78, 5) is 24.5. The van der Waals surface area contributed by atoms with E-state index in [9.17, 15) is 4.79 Å². The van der Waals surface area contributed by atoms with Gasteiger partial charge in [0.15, 0.2) is 5.82 Å². The zero-order valence-electron chi connectivity index (χ0n) is 8.17. The molecule has 0 aliphatic carbocycles. The topological polar surface area (TPSA) is 55.7 Å². The lowest BCUT2D eigenvalue weighted by molar-refractivity contribution is 0.0984. The van der Waals surface area contributed by atoms with Crippen molar-refractivity contribution in [3.8, 4) is 0 Å². The van der Waals surface area contributed by atoms with E-state index in [2.05, 4.69) is 15.0 Å². The summed E-state index contributed by atoms with van der Waals surface area (Å²) < 4.78 is 0. The molecule has 4 nitrogen and oxygen atoms in total. The number of ketones is 1. The monoisotopic (exact) mass is 219 g/mol. The van der Waals surface area contributed by atoms with Crippen molar-refractivity contribution >= 4 is 17.1 Å². The number of aryl methyl sites for hydroxylation is 1. The minimum Gasteiger partial charge on any atom is -0.290 e. The lowest BCUT2D eigenvalue weighted by Crippen LogP contribution is -2.07. The highest BCUT2D eigenvalue weighted by Crippen LogP contribution is 2.08. The molecule has 2 aromatic heterocycles. The van der Waals surface area contributed by atoms with Crippen LogP contribution >= 0.6 is 11.3 Å². The highest BCUT2D eigenvalue weighted by atomic mass is 32.1. The van der Waals surface area contributed by atoms with Crippen molar-refractivity contribution in [1.29, 1.82) is 0 Å². The van der Waals surface area contributed by atoms with Gasteiger partial charge in [-0.05, 0) is 12.5 Å². The fourth-order valence-electron chi connectivity index (χ4n) is 1.10. The molecule has 0 aliphatic rings. The first-order valence-electron chi connectivity index (χ1n) is 4.45. The van der Waals surface area contributed by atoms with Crippen molar-refractivity contribution in [2.45, 2.75) is 13.3 Å². The summed E-state index contributed by atoms with van der Waals surface area (Å²) in [5.74, 6) is 0.202. The zero-order chi connectivity index (χ0) is 10.7. The van der Waals surface area contributed by atoms with Crippen LogP contribution in [0.15, 0.2) is 24.1 Å². The average Bonchev–Trinajstić information content (AvgIpc) is 2.71. The van der Waals surface area contributed by atoms with Crippen molar-refractivity contribution in [3.05, 3.63) is 40.4 Å². The Bertz CT molecular complexity index is 450. The molecule has 2 heterocycles. The van der Waals surface area contributed by atoms with Crippen molar-refractivity contribution in [3.63, 3.8) is 0 Å². The third-order valence-corrected chi connectivity index (χ3v) is 2.63. The number of rotatable bonds is 3. The van der Waals surface area contributed by atoms with Crippen LogP contribution in [0.1, 0.15) is 21.1 Å². The molecule has 0 saturated heterocycles. The molecule has 0 aromatic carbocycles. The van der Waals surface area contributed by atoms with Crippen LogP contribution in [0.25, 0.3) is 0 Å².